The van der Waals surface area contributed by atoms with E-state index in [0.29, 0.717) is 33.3 Å². The van der Waals surface area contributed by atoms with Gasteiger partial charge < -0.3 is 14.8 Å². The van der Waals surface area contributed by atoms with Crippen LogP contribution in [-0.4, -0.2) is 24.9 Å². The van der Waals surface area contributed by atoms with Crippen molar-refractivity contribution in [1.29, 1.82) is 0 Å². The molecule has 0 spiro atoms. The van der Waals surface area contributed by atoms with Gasteiger partial charge >= 0.3 is 0 Å². The minimum absolute atomic E-state index is 0.236. The number of rotatable bonds is 7. The molecule has 3 aromatic carbocycles. The molecule has 0 saturated carbocycles. The molecule has 7 heteroatoms. The first kappa shape index (κ1) is 21.3. The van der Waals surface area contributed by atoms with E-state index in [9.17, 15) is 14.0 Å². The molecule has 0 bridgehead atoms. The van der Waals surface area contributed by atoms with Crippen LogP contribution in [-0.2, 0) is 4.79 Å². The Morgan fingerprint density at radius 1 is 0.967 bits per heavy atom. The first-order valence-electron chi connectivity index (χ1n) is 9.09. The Balaban J connectivity index is 1.65. The van der Waals surface area contributed by atoms with E-state index in [2.05, 4.69) is 5.32 Å². The third-order valence-electron chi connectivity index (χ3n) is 4.32. The summed E-state index contributed by atoms with van der Waals surface area (Å²) in [5.74, 6) is -0.129. The van der Waals surface area contributed by atoms with Crippen LogP contribution in [0, 0.1) is 5.82 Å². The standard InChI is InChI=1S/C23H19ClFNO4/c1-14(23(28)26-20-13-17(24)7-12-21(20)29-2)30-19-10-5-16(6-11-19)22(27)15-3-8-18(25)9-4-15/h3-14H,1-2H3,(H,26,28). The van der Waals surface area contributed by atoms with Crippen molar-refractivity contribution < 1.29 is 23.5 Å². The maximum atomic E-state index is 13.0. The molecule has 3 aromatic rings. The van der Waals surface area contributed by atoms with Gasteiger partial charge in [0, 0.05) is 16.1 Å². The lowest BCUT2D eigenvalue weighted by atomic mass is 10.0. The Morgan fingerprint density at radius 2 is 1.57 bits per heavy atom. The van der Waals surface area contributed by atoms with Crippen LogP contribution >= 0.6 is 11.6 Å². The molecule has 30 heavy (non-hydrogen) atoms. The van der Waals surface area contributed by atoms with Crippen LogP contribution in [0.5, 0.6) is 11.5 Å². The lowest BCUT2D eigenvalue weighted by Gasteiger charge is -2.16. The highest BCUT2D eigenvalue weighted by atomic mass is 35.5. The van der Waals surface area contributed by atoms with Crippen LogP contribution in [0.25, 0.3) is 0 Å². The lowest BCUT2D eigenvalue weighted by Crippen LogP contribution is -2.30. The molecule has 0 aliphatic rings. The van der Waals surface area contributed by atoms with Gasteiger partial charge in [0.2, 0.25) is 0 Å². The highest BCUT2D eigenvalue weighted by Gasteiger charge is 2.17. The van der Waals surface area contributed by atoms with Crippen molar-refractivity contribution in [3.63, 3.8) is 0 Å². The summed E-state index contributed by atoms with van der Waals surface area (Å²) in [7, 11) is 1.49. The molecule has 0 aromatic heterocycles. The highest BCUT2D eigenvalue weighted by Crippen LogP contribution is 2.28. The number of carbonyl (C=O) groups is 2. The Labute approximate surface area is 178 Å². The highest BCUT2D eigenvalue weighted by molar-refractivity contribution is 6.31. The molecule has 0 saturated heterocycles. The fourth-order valence-electron chi connectivity index (χ4n) is 2.72. The van der Waals surface area contributed by atoms with E-state index < -0.39 is 11.9 Å². The van der Waals surface area contributed by atoms with Crippen molar-refractivity contribution in [3.05, 3.63) is 88.7 Å². The minimum atomic E-state index is -0.813. The second-order valence-corrected chi connectivity index (χ2v) is 6.89. The van der Waals surface area contributed by atoms with Crippen molar-refractivity contribution in [1.82, 2.24) is 0 Å². The average molecular weight is 428 g/mol. The molecule has 0 fully saturated rings. The van der Waals surface area contributed by atoms with E-state index in [4.69, 9.17) is 21.1 Å². The van der Waals surface area contributed by atoms with Gasteiger partial charge in [0.05, 0.1) is 12.8 Å². The molecular weight excluding hydrogens is 409 g/mol. The fraction of sp³-hybridized carbons (Fsp3) is 0.130. The third kappa shape index (κ3) is 5.15. The molecule has 0 aliphatic carbocycles. The number of hydrogen-bond acceptors (Lipinski definition) is 4. The van der Waals surface area contributed by atoms with E-state index >= 15 is 0 Å². The quantitative estimate of drug-likeness (QED) is 0.531. The maximum Gasteiger partial charge on any atom is 0.265 e. The molecule has 1 N–H and O–H groups in total. The summed E-state index contributed by atoms with van der Waals surface area (Å²) < 4.78 is 23.9. The minimum Gasteiger partial charge on any atom is -0.495 e. The molecule has 1 atom stereocenters. The lowest BCUT2D eigenvalue weighted by molar-refractivity contribution is -0.122. The Morgan fingerprint density at radius 3 is 2.17 bits per heavy atom. The Kier molecular flexibility index (Phi) is 6.69. The monoisotopic (exact) mass is 427 g/mol. The number of ether oxygens (including phenoxy) is 2. The van der Waals surface area contributed by atoms with Crippen molar-refractivity contribution in [2.75, 3.05) is 12.4 Å². The maximum absolute atomic E-state index is 13.0. The number of methoxy groups -OCH3 is 1. The van der Waals surface area contributed by atoms with E-state index in [1.54, 1.807) is 49.4 Å². The average Bonchev–Trinajstić information content (AvgIpc) is 2.74. The van der Waals surface area contributed by atoms with Gasteiger partial charge in [0.25, 0.3) is 5.91 Å². The van der Waals surface area contributed by atoms with Crippen LogP contribution in [0.2, 0.25) is 5.02 Å². The van der Waals surface area contributed by atoms with Crippen molar-refractivity contribution in [2.45, 2.75) is 13.0 Å². The summed E-state index contributed by atoms with van der Waals surface area (Å²) in [6.45, 7) is 1.60. The van der Waals surface area contributed by atoms with Gasteiger partial charge in [-0.05, 0) is 73.7 Å². The molecular formula is C23H19ClFNO4. The normalized spacial score (nSPS) is 11.5. The predicted octanol–water partition coefficient (Wildman–Crippen LogP) is 5.12. The van der Waals surface area contributed by atoms with Crippen molar-refractivity contribution in [3.8, 4) is 11.5 Å². The number of ketones is 1. The molecule has 0 aliphatic heterocycles. The summed E-state index contributed by atoms with van der Waals surface area (Å²) in [5, 5.41) is 3.18. The number of halogens is 2. The molecule has 5 nitrogen and oxygen atoms in total. The van der Waals surface area contributed by atoms with Gasteiger partial charge in [0.15, 0.2) is 11.9 Å². The second kappa shape index (κ2) is 9.41. The number of amides is 1. The number of carbonyl (C=O) groups excluding carboxylic acids is 2. The predicted molar refractivity (Wildman–Crippen MR) is 113 cm³/mol. The largest absolute Gasteiger partial charge is 0.495 e. The zero-order valence-corrected chi connectivity index (χ0v) is 17.1. The van der Waals surface area contributed by atoms with Crippen LogP contribution in [0.3, 0.4) is 0 Å². The second-order valence-electron chi connectivity index (χ2n) is 6.45. The summed E-state index contributed by atoms with van der Waals surface area (Å²) in [6, 6.07) is 16.6. The molecule has 0 radical (unpaired) electrons. The summed E-state index contributed by atoms with van der Waals surface area (Å²) in [6.07, 6.45) is -0.813. The smallest absolute Gasteiger partial charge is 0.265 e. The van der Waals surface area contributed by atoms with Crippen LogP contribution in [0.15, 0.2) is 66.7 Å². The van der Waals surface area contributed by atoms with E-state index in [0.717, 1.165) is 0 Å². The fourth-order valence-corrected chi connectivity index (χ4v) is 2.89. The number of hydrogen-bond donors (Lipinski definition) is 1. The van der Waals surface area contributed by atoms with Gasteiger partial charge in [0.1, 0.15) is 17.3 Å². The Hall–Kier alpha value is -3.38. The molecule has 0 heterocycles. The van der Waals surface area contributed by atoms with E-state index in [1.165, 1.54) is 31.4 Å². The summed E-state index contributed by atoms with van der Waals surface area (Å²) in [4.78, 5) is 24.9. The Bertz CT molecular complexity index is 1050. The summed E-state index contributed by atoms with van der Waals surface area (Å²) >= 11 is 5.97. The first-order valence-corrected chi connectivity index (χ1v) is 9.46. The van der Waals surface area contributed by atoms with Crippen LogP contribution in [0.4, 0.5) is 10.1 Å². The van der Waals surface area contributed by atoms with Crippen molar-refractivity contribution in [2.24, 2.45) is 0 Å². The van der Waals surface area contributed by atoms with E-state index in [1.807, 2.05) is 0 Å². The summed E-state index contributed by atoms with van der Waals surface area (Å²) in [5.41, 5.74) is 1.24. The molecule has 1 amide bonds. The SMILES string of the molecule is COc1ccc(Cl)cc1NC(=O)C(C)Oc1ccc(C(=O)c2ccc(F)cc2)cc1. The van der Waals surface area contributed by atoms with Gasteiger partial charge in [-0.2, -0.15) is 0 Å². The van der Waals surface area contributed by atoms with Gasteiger partial charge in [-0.3, -0.25) is 9.59 Å². The van der Waals surface area contributed by atoms with E-state index in [-0.39, 0.29) is 11.7 Å². The molecule has 154 valence electrons. The van der Waals surface area contributed by atoms with Crippen LogP contribution in [0.1, 0.15) is 22.8 Å². The van der Waals surface area contributed by atoms with Crippen LogP contribution < -0.4 is 14.8 Å². The zero-order chi connectivity index (χ0) is 21.7. The third-order valence-corrected chi connectivity index (χ3v) is 4.56. The first-order chi connectivity index (χ1) is 14.4. The van der Waals surface area contributed by atoms with Gasteiger partial charge in [-0.15, -0.1) is 0 Å². The zero-order valence-electron chi connectivity index (χ0n) is 16.3. The number of nitrogens with one attached hydrogen (secondary N) is 1. The number of benzene rings is 3. The topological polar surface area (TPSA) is 64.6 Å². The van der Waals surface area contributed by atoms with Gasteiger partial charge in [-0.25, -0.2) is 4.39 Å². The number of anilines is 1. The van der Waals surface area contributed by atoms with Gasteiger partial charge in [-0.1, -0.05) is 11.6 Å². The van der Waals surface area contributed by atoms with Crippen molar-refractivity contribution >= 4 is 29.0 Å². The molecule has 3 rings (SSSR count). The molecule has 1 unspecified atom stereocenters.